The predicted molar refractivity (Wildman–Crippen MR) is 78.0 cm³/mol. The van der Waals surface area contributed by atoms with Gasteiger partial charge in [0.15, 0.2) is 11.5 Å². The Balaban J connectivity index is 1.92. The van der Waals surface area contributed by atoms with Crippen LogP contribution in [0.5, 0.6) is 0 Å². The number of rotatable bonds is 4. The van der Waals surface area contributed by atoms with E-state index in [1.807, 2.05) is 18.2 Å². The van der Waals surface area contributed by atoms with Crippen molar-refractivity contribution in [1.82, 2.24) is 9.97 Å². The molecule has 20 heavy (non-hydrogen) atoms. The third kappa shape index (κ3) is 3.76. The van der Waals surface area contributed by atoms with E-state index >= 15 is 0 Å². The average molecular weight is 332 g/mol. The van der Waals surface area contributed by atoms with Crippen LogP contribution in [0.3, 0.4) is 0 Å². The molecule has 1 aromatic carbocycles. The third-order valence-electron chi connectivity index (χ3n) is 2.35. The largest absolute Gasteiger partial charge is 0.359 e. The second-order valence-corrected chi connectivity index (χ2v) is 4.69. The van der Waals surface area contributed by atoms with E-state index in [4.69, 9.17) is 5.26 Å². The number of aromatic nitrogens is 2. The summed E-state index contributed by atoms with van der Waals surface area (Å²) >= 11 is 3.32. The van der Waals surface area contributed by atoms with Crippen molar-refractivity contribution in [1.29, 1.82) is 5.26 Å². The lowest BCUT2D eigenvalue weighted by atomic mass is 10.3. The lowest BCUT2D eigenvalue weighted by Crippen LogP contribution is -2.22. The van der Waals surface area contributed by atoms with Crippen molar-refractivity contribution in [3.63, 3.8) is 0 Å². The molecule has 0 saturated heterocycles. The fraction of sp³-hybridized carbons (Fsp3) is 0.0769. The van der Waals surface area contributed by atoms with Crippen molar-refractivity contribution in [2.24, 2.45) is 0 Å². The first-order chi connectivity index (χ1) is 9.69. The molecule has 1 aromatic heterocycles. The molecule has 0 radical (unpaired) electrons. The maximum absolute atomic E-state index is 11.8. The Morgan fingerprint density at radius 1 is 1.25 bits per heavy atom. The minimum atomic E-state index is -0.234. The SMILES string of the molecule is N#Cc1nccnc1NCC(=O)Nc1ccc(Br)cc1. The summed E-state index contributed by atoms with van der Waals surface area (Å²) < 4.78 is 0.937. The lowest BCUT2D eigenvalue weighted by molar-refractivity contribution is -0.114. The van der Waals surface area contributed by atoms with Gasteiger partial charge in [-0.1, -0.05) is 15.9 Å². The highest BCUT2D eigenvalue weighted by atomic mass is 79.9. The molecular formula is C13H10BrN5O. The molecule has 0 aliphatic carbocycles. The molecule has 7 heteroatoms. The molecule has 1 amide bonds. The Bertz CT molecular complexity index is 651. The van der Waals surface area contributed by atoms with Gasteiger partial charge in [0.05, 0.1) is 6.54 Å². The topological polar surface area (TPSA) is 90.7 Å². The van der Waals surface area contributed by atoms with E-state index in [1.165, 1.54) is 12.4 Å². The summed E-state index contributed by atoms with van der Waals surface area (Å²) in [7, 11) is 0. The molecule has 2 rings (SSSR count). The summed E-state index contributed by atoms with van der Waals surface area (Å²) in [6.45, 7) is 0.00341. The van der Waals surface area contributed by atoms with Crippen LogP contribution in [-0.2, 0) is 4.79 Å². The van der Waals surface area contributed by atoms with Gasteiger partial charge < -0.3 is 10.6 Å². The summed E-state index contributed by atoms with van der Waals surface area (Å²) in [5.74, 6) is 0.0582. The van der Waals surface area contributed by atoms with Crippen LogP contribution >= 0.6 is 15.9 Å². The number of halogens is 1. The molecule has 2 aromatic rings. The fourth-order valence-electron chi connectivity index (χ4n) is 1.45. The molecule has 0 aliphatic heterocycles. The van der Waals surface area contributed by atoms with Gasteiger partial charge in [-0.15, -0.1) is 0 Å². The minimum absolute atomic E-state index is 0.00341. The Morgan fingerprint density at radius 2 is 1.95 bits per heavy atom. The number of carbonyl (C=O) groups excluding carboxylic acids is 1. The van der Waals surface area contributed by atoms with Crippen LogP contribution in [0.1, 0.15) is 5.69 Å². The molecule has 0 spiro atoms. The third-order valence-corrected chi connectivity index (χ3v) is 2.88. The highest BCUT2D eigenvalue weighted by Crippen LogP contribution is 2.14. The number of amides is 1. The van der Waals surface area contributed by atoms with Crippen molar-refractivity contribution in [3.05, 3.63) is 46.8 Å². The number of benzene rings is 1. The van der Waals surface area contributed by atoms with Crippen LogP contribution in [0, 0.1) is 11.3 Å². The van der Waals surface area contributed by atoms with Gasteiger partial charge in [0.2, 0.25) is 5.91 Å². The van der Waals surface area contributed by atoms with Gasteiger partial charge in [0, 0.05) is 22.6 Å². The van der Waals surface area contributed by atoms with Gasteiger partial charge in [0.25, 0.3) is 0 Å². The molecule has 100 valence electrons. The Hall–Kier alpha value is -2.46. The zero-order chi connectivity index (χ0) is 14.4. The molecule has 0 saturated carbocycles. The van der Waals surface area contributed by atoms with Gasteiger partial charge in [-0.2, -0.15) is 5.26 Å². The van der Waals surface area contributed by atoms with Gasteiger partial charge in [-0.05, 0) is 24.3 Å². The zero-order valence-electron chi connectivity index (χ0n) is 10.3. The number of nitriles is 1. The molecule has 2 N–H and O–H groups in total. The Labute approximate surface area is 124 Å². The standard InChI is InChI=1S/C13H10BrN5O/c14-9-1-3-10(4-2-9)19-12(20)8-18-13-11(7-15)16-5-6-17-13/h1-6H,8H2,(H,17,18)(H,19,20). The zero-order valence-corrected chi connectivity index (χ0v) is 11.9. The summed E-state index contributed by atoms with van der Waals surface area (Å²) in [5.41, 5.74) is 0.851. The van der Waals surface area contributed by atoms with E-state index in [2.05, 4.69) is 36.5 Å². The van der Waals surface area contributed by atoms with E-state index < -0.39 is 0 Å². The normalized spacial score (nSPS) is 9.60. The van der Waals surface area contributed by atoms with E-state index in [9.17, 15) is 4.79 Å². The summed E-state index contributed by atoms with van der Waals surface area (Å²) in [6, 6.07) is 9.13. The van der Waals surface area contributed by atoms with Crippen molar-refractivity contribution in [2.75, 3.05) is 17.2 Å². The van der Waals surface area contributed by atoms with Gasteiger partial charge in [0.1, 0.15) is 6.07 Å². The highest BCUT2D eigenvalue weighted by Gasteiger charge is 2.06. The quantitative estimate of drug-likeness (QED) is 0.895. The molecule has 1 heterocycles. The Morgan fingerprint density at radius 3 is 2.65 bits per heavy atom. The van der Waals surface area contributed by atoms with E-state index in [0.717, 1.165) is 4.47 Å². The lowest BCUT2D eigenvalue weighted by Gasteiger charge is -2.07. The number of carbonyl (C=O) groups is 1. The number of nitrogens with zero attached hydrogens (tertiary/aromatic N) is 3. The van der Waals surface area contributed by atoms with Crippen molar-refractivity contribution < 1.29 is 4.79 Å². The van der Waals surface area contributed by atoms with E-state index in [0.29, 0.717) is 11.5 Å². The number of hydrogen-bond acceptors (Lipinski definition) is 5. The summed E-state index contributed by atoms with van der Waals surface area (Å²) in [6.07, 6.45) is 2.88. The molecule has 0 atom stereocenters. The average Bonchev–Trinajstić information content (AvgIpc) is 2.48. The second kappa shape index (κ2) is 6.63. The second-order valence-electron chi connectivity index (χ2n) is 3.77. The van der Waals surface area contributed by atoms with Crippen molar-refractivity contribution in [3.8, 4) is 6.07 Å². The number of hydrogen-bond donors (Lipinski definition) is 2. The highest BCUT2D eigenvalue weighted by molar-refractivity contribution is 9.10. The molecule has 6 nitrogen and oxygen atoms in total. The monoisotopic (exact) mass is 331 g/mol. The predicted octanol–water partition coefficient (Wildman–Crippen LogP) is 2.16. The Kier molecular flexibility index (Phi) is 4.63. The fourth-order valence-corrected chi connectivity index (χ4v) is 1.72. The maximum Gasteiger partial charge on any atom is 0.243 e. The summed E-state index contributed by atoms with van der Waals surface area (Å²) in [4.78, 5) is 19.6. The molecule has 0 aliphatic rings. The molecule has 0 unspecified atom stereocenters. The molecular weight excluding hydrogens is 322 g/mol. The smallest absolute Gasteiger partial charge is 0.243 e. The van der Waals surface area contributed by atoms with Crippen LogP contribution in [0.2, 0.25) is 0 Å². The van der Waals surface area contributed by atoms with Crippen LogP contribution in [0.4, 0.5) is 11.5 Å². The number of nitrogens with one attached hydrogen (secondary N) is 2. The van der Waals surface area contributed by atoms with Crippen molar-refractivity contribution in [2.45, 2.75) is 0 Å². The van der Waals surface area contributed by atoms with Crippen LogP contribution < -0.4 is 10.6 Å². The van der Waals surface area contributed by atoms with Crippen LogP contribution in [0.25, 0.3) is 0 Å². The van der Waals surface area contributed by atoms with Crippen LogP contribution in [-0.4, -0.2) is 22.4 Å². The van der Waals surface area contributed by atoms with Crippen LogP contribution in [0.15, 0.2) is 41.1 Å². The summed E-state index contributed by atoms with van der Waals surface area (Å²) in [5, 5.41) is 14.3. The number of anilines is 2. The minimum Gasteiger partial charge on any atom is -0.359 e. The van der Waals surface area contributed by atoms with Crippen molar-refractivity contribution >= 4 is 33.3 Å². The van der Waals surface area contributed by atoms with Gasteiger partial charge >= 0.3 is 0 Å². The first-order valence-corrected chi connectivity index (χ1v) is 6.49. The first-order valence-electron chi connectivity index (χ1n) is 5.69. The van der Waals surface area contributed by atoms with E-state index in [-0.39, 0.29) is 18.1 Å². The molecule has 0 fully saturated rings. The maximum atomic E-state index is 11.8. The van der Waals surface area contributed by atoms with E-state index in [1.54, 1.807) is 12.1 Å². The van der Waals surface area contributed by atoms with Gasteiger partial charge in [-0.25, -0.2) is 9.97 Å². The molecule has 0 bridgehead atoms. The first kappa shape index (κ1) is 14.0. The van der Waals surface area contributed by atoms with Gasteiger partial charge in [-0.3, -0.25) is 4.79 Å².